The van der Waals surface area contributed by atoms with Crippen molar-refractivity contribution in [1.82, 2.24) is 9.99 Å². The summed E-state index contributed by atoms with van der Waals surface area (Å²) in [5.41, 5.74) is 2.55. The van der Waals surface area contributed by atoms with E-state index in [2.05, 4.69) is 14.5 Å². The number of ketones is 4. The van der Waals surface area contributed by atoms with E-state index in [0.717, 1.165) is 11.1 Å². The van der Waals surface area contributed by atoms with Crippen molar-refractivity contribution in [2.45, 2.75) is 85.4 Å². The number of hydrogen-bond donors (Lipinski definition) is 3. The molecule has 3 atom stereocenters. The van der Waals surface area contributed by atoms with Gasteiger partial charge in [0, 0.05) is 68.7 Å². The number of aliphatic hydroxyl groups excluding tert-OH is 2. The molecule has 0 aliphatic heterocycles. The van der Waals surface area contributed by atoms with Crippen LogP contribution in [0, 0.1) is 24.7 Å². The van der Waals surface area contributed by atoms with E-state index < -0.39 is 17.9 Å². The molecule has 10 nitrogen and oxygen atoms in total. The number of nitrogens with zero attached hydrogens (tertiary/aromatic N) is 1. The van der Waals surface area contributed by atoms with Crippen LogP contribution in [0.2, 0.25) is 0 Å². The van der Waals surface area contributed by atoms with E-state index in [-0.39, 0.29) is 93.2 Å². The molecule has 0 aliphatic carbocycles. The summed E-state index contributed by atoms with van der Waals surface area (Å²) in [4.78, 5) is 66.0. The summed E-state index contributed by atoms with van der Waals surface area (Å²) in [6, 6.07) is 12.9. The van der Waals surface area contributed by atoms with Crippen LogP contribution in [0.25, 0.3) is 0 Å². The molecular formula is C36H51N2O8P. The minimum absolute atomic E-state index is 0.0297. The molecule has 0 radical (unpaired) electrons. The summed E-state index contributed by atoms with van der Waals surface area (Å²) >= 11 is 0. The second kappa shape index (κ2) is 20.8. The smallest absolute Gasteiger partial charge is 0.409 e. The van der Waals surface area contributed by atoms with Crippen LogP contribution in [-0.2, 0) is 38.8 Å². The molecule has 2 rings (SSSR count). The van der Waals surface area contributed by atoms with Gasteiger partial charge in [0.25, 0.3) is 0 Å². The molecule has 3 N–H and O–H groups in total. The van der Waals surface area contributed by atoms with Crippen molar-refractivity contribution in [2.24, 2.45) is 17.8 Å². The number of aliphatic hydroxyl groups is 2. The van der Waals surface area contributed by atoms with Crippen LogP contribution in [0.4, 0.5) is 4.79 Å². The summed E-state index contributed by atoms with van der Waals surface area (Å²) in [6.07, 6.45) is 0.982. The maximum Gasteiger partial charge on any atom is 0.414 e. The standard InChI is InChI=1S/C36H51N2O8P/c1-24(2)15-27(20-34(44)28(19-32(42)21-37-47)18-26-9-6-5-7-10-26)33(43)13-12-31(41)11-8-14-38(4)36(45)46-35-29(22-39)16-25(3)17-30(35)23-40/h5-7,9-10,16-17,24,27-28,37,39-40H,8,11-15,18-23,47H2,1-4H3. The van der Waals surface area contributed by atoms with E-state index in [4.69, 9.17) is 4.74 Å². The molecule has 0 fully saturated rings. The van der Waals surface area contributed by atoms with Gasteiger partial charge in [-0.1, -0.05) is 71.3 Å². The molecule has 0 aliphatic rings. The average molecular weight is 671 g/mol. The summed E-state index contributed by atoms with van der Waals surface area (Å²) in [7, 11) is 3.82. The van der Waals surface area contributed by atoms with E-state index in [1.165, 1.54) is 11.9 Å². The van der Waals surface area contributed by atoms with Gasteiger partial charge in [-0.2, -0.15) is 0 Å². The van der Waals surface area contributed by atoms with E-state index >= 15 is 0 Å². The highest BCUT2D eigenvalue weighted by molar-refractivity contribution is 7.13. The third kappa shape index (κ3) is 14.2. The average Bonchev–Trinajstić information content (AvgIpc) is 3.03. The number of Topliss-reactive ketones (excluding diaryl/α,β-unsaturated/α-hetero) is 4. The normalized spacial score (nSPS) is 12.4. The first kappa shape index (κ1) is 39.9. The number of aryl methyl sites for hydroxylation is 1. The molecule has 11 heteroatoms. The number of nitrogens with one attached hydrogen (secondary N) is 1. The minimum atomic E-state index is -0.681. The third-order valence-electron chi connectivity index (χ3n) is 8.04. The van der Waals surface area contributed by atoms with Gasteiger partial charge in [-0.05, 0) is 37.7 Å². The Hall–Kier alpha value is -3.30. The van der Waals surface area contributed by atoms with Crippen molar-refractivity contribution in [3.63, 3.8) is 0 Å². The van der Waals surface area contributed by atoms with Gasteiger partial charge in [0.2, 0.25) is 0 Å². The lowest BCUT2D eigenvalue weighted by molar-refractivity contribution is -0.132. The van der Waals surface area contributed by atoms with Gasteiger partial charge < -0.3 is 19.8 Å². The van der Waals surface area contributed by atoms with E-state index in [9.17, 15) is 34.2 Å². The fourth-order valence-corrected chi connectivity index (χ4v) is 5.85. The molecule has 0 saturated carbocycles. The highest BCUT2D eigenvalue weighted by atomic mass is 31.0. The van der Waals surface area contributed by atoms with Gasteiger partial charge >= 0.3 is 6.09 Å². The van der Waals surface area contributed by atoms with Crippen molar-refractivity contribution in [3.8, 4) is 5.75 Å². The Bertz CT molecular complexity index is 1320. The minimum Gasteiger partial charge on any atom is -0.409 e. The van der Waals surface area contributed by atoms with Crippen molar-refractivity contribution >= 4 is 38.6 Å². The first-order valence-electron chi connectivity index (χ1n) is 16.2. The summed E-state index contributed by atoms with van der Waals surface area (Å²) in [5, 5.41) is 22.1. The van der Waals surface area contributed by atoms with Crippen LogP contribution in [0.1, 0.15) is 81.0 Å². The van der Waals surface area contributed by atoms with Crippen LogP contribution in [0.5, 0.6) is 5.75 Å². The zero-order valence-electron chi connectivity index (χ0n) is 28.1. The molecule has 47 heavy (non-hydrogen) atoms. The molecule has 0 aromatic heterocycles. The Balaban J connectivity index is 1.92. The molecular weight excluding hydrogens is 619 g/mol. The van der Waals surface area contributed by atoms with E-state index in [1.54, 1.807) is 12.1 Å². The van der Waals surface area contributed by atoms with Crippen molar-refractivity contribution in [1.29, 1.82) is 0 Å². The Kier molecular flexibility index (Phi) is 17.7. The zero-order chi connectivity index (χ0) is 34.9. The van der Waals surface area contributed by atoms with Crippen molar-refractivity contribution in [3.05, 3.63) is 64.7 Å². The van der Waals surface area contributed by atoms with Crippen LogP contribution in [0.3, 0.4) is 0 Å². The predicted molar refractivity (Wildman–Crippen MR) is 184 cm³/mol. The summed E-state index contributed by atoms with van der Waals surface area (Å²) < 4.78 is 5.47. The van der Waals surface area contributed by atoms with Gasteiger partial charge in [-0.15, -0.1) is 0 Å². The lowest BCUT2D eigenvalue weighted by atomic mass is 9.81. The third-order valence-corrected chi connectivity index (χ3v) is 8.24. The number of amides is 1. The number of hydrogen-bond acceptors (Lipinski definition) is 9. The molecule has 0 saturated heterocycles. The molecule has 3 unspecified atom stereocenters. The highest BCUT2D eigenvalue weighted by Gasteiger charge is 2.29. The Morgan fingerprint density at radius 1 is 0.872 bits per heavy atom. The topological polar surface area (TPSA) is 150 Å². The summed E-state index contributed by atoms with van der Waals surface area (Å²) in [6.45, 7) is 5.43. The van der Waals surface area contributed by atoms with Crippen LogP contribution < -0.4 is 9.82 Å². The first-order chi connectivity index (χ1) is 22.4. The molecule has 0 spiro atoms. The Morgan fingerprint density at radius 2 is 1.51 bits per heavy atom. The molecule has 0 bridgehead atoms. The number of ether oxygens (including phenoxy) is 1. The molecule has 1 amide bonds. The fourth-order valence-electron chi connectivity index (χ4n) is 5.62. The van der Waals surface area contributed by atoms with Crippen LogP contribution in [0.15, 0.2) is 42.5 Å². The maximum absolute atomic E-state index is 13.5. The second-order valence-corrected chi connectivity index (χ2v) is 13.0. The van der Waals surface area contributed by atoms with Crippen molar-refractivity contribution in [2.75, 3.05) is 20.1 Å². The van der Waals surface area contributed by atoms with Crippen LogP contribution in [-0.4, -0.2) is 64.5 Å². The molecule has 2 aromatic carbocycles. The lowest BCUT2D eigenvalue weighted by Gasteiger charge is -2.21. The lowest BCUT2D eigenvalue weighted by Crippen LogP contribution is -2.31. The van der Waals surface area contributed by atoms with Gasteiger partial charge in [-0.25, -0.2) is 4.79 Å². The zero-order valence-corrected chi connectivity index (χ0v) is 29.3. The second-order valence-electron chi connectivity index (χ2n) is 12.6. The molecule has 0 heterocycles. The number of carbonyl (C=O) groups excluding carboxylic acids is 5. The van der Waals surface area contributed by atoms with E-state index in [0.29, 0.717) is 30.4 Å². The number of carbonyl (C=O) groups is 5. The molecule has 2 aromatic rings. The van der Waals surface area contributed by atoms with E-state index in [1.807, 2.05) is 51.1 Å². The maximum atomic E-state index is 13.5. The predicted octanol–water partition coefficient (Wildman–Crippen LogP) is 4.93. The van der Waals surface area contributed by atoms with Gasteiger partial charge in [-0.3, -0.25) is 24.3 Å². The monoisotopic (exact) mass is 670 g/mol. The number of benzene rings is 2. The largest absolute Gasteiger partial charge is 0.414 e. The molecule has 258 valence electrons. The highest BCUT2D eigenvalue weighted by Crippen LogP contribution is 2.27. The van der Waals surface area contributed by atoms with Crippen LogP contribution >= 0.6 is 9.39 Å². The first-order valence-corrected chi connectivity index (χ1v) is 16.8. The van der Waals surface area contributed by atoms with Crippen molar-refractivity contribution < 1.29 is 38.9 Å². The quantitative estimate of drug-likeness (QED) is 0.148. The fraction of sp³-hybridized carbons (Fsp3) is 0.528. The summed E-state index contributed by atoms with van der Waals surface area (Å²) in [5.74, 6) is -1.21. The van der Waals surface area contributed by atoms with Gasteiger partial charge in [0.05, 0.1) is 19.8 Å². The SMILES string of the molecule is Cc1cc(CO)c(OC(=O)N(C)CCCC(=O)CCC(=O)C(CC(=O)C(CC(=O)CNP)Cc2ccccc2)CC(C)C)c(CO)c1. The van der Waals surface area contributed by atoms with Gasteiger partial charge in [0.1, 0.15) is 28.9 Å². The van der Waals surface area contributed by atoms with Gasteiger partial charge in [0.15, 0.2) is 0 Å². The Labute approximate surface area is 280 Å². The Morgan fingerprint density at radius 3 is 2.09 bits per heavy atom. The number of rotatable bonds is 22.